The first kappa shape index (κ1) is 14.5. The summed E-state index contributed by atoms with van der Waals surface area (Å²) in [6, 6.07) is 0. The van der Waals surface area contributed by atoms with Crippen LogP contribution in [0.5, 0.6) is 0 Å². The average molecular weight is 238 g/mol. The van der Waals surface area contributed by atoms with Crippen LogP contribution in [0.25, 0.3) is 0 Å². The Balaban J connectivity index is 2.55. The maximum atomic E-state index is 10.3. The van der Waals surface area contributed by atoms with Gasteiger partial charge in [-0.3, -0.25) is 0 Å². The third-order valence-electron chi connectivity index (χ3n) is 4.26. The first-order valence-electron chi connectivity index (χ1n) is 6.62. The van der Waals surface area contributed by atoms with Gasteiger partial charge in [0.15, 0.2) is 0 Å². The molecule has 98 valence electrons. The van der Waals surface area contributed by atoms with Crippen LogP contribution in [0.1, 0.15) is 58.8 Å². The van der Waals surface area contributed by atoms with Gasteiger partial charge in [-0.05, 0) is 43.9 Å². The van der Waals surface area contributed by atoms with Crippen molar-refractivity contribution in [3.05, 3.63) is 0 Å². The fraction of sp³-hybridized carbons (Fsp3) is 0.867. The Morgan fingerprint density at radius 1 is 1.29 bits per heavy atom. The molecule has 1 atom stereocenters. The van der Waals surface area contributed by atoms with Crippen LogP contribution in [0, 0.1) is 17.8 Å². The minimum absolute atomic E-state index is 0.329. The second-order valence-electron chi connectivity index (χ2n) is 6.05. The summed E-state index contributed by atoms with van der Waals surface area (Å²) in [4.78, 5) is 0. The van der Waals surface area contributed by atoms with Gasteiger partial charge in [0.2, 0.25) is 0 Å². The Morgan fingerprint density at radius 2 is 1.88 bits per heavy atom. The fourth-order valence-corrected chi connectivity index (χ4v) is 2.68. The fourth-order valence-electron chi connectivity index (χ4n) is 2.68. The molecule has 0 heterocycles. The molecule has 2 heteroatoms. The molecule has 1 aliphatic rings. The number of hydrogen-bond donors (Lipinski definition) is 1. The summed E-state index contributed by atoms with van der Waals surface area (Å²) in [6.07, 6.45) is 11.4. The van der Waals surface area contributed by atoms with Crippen molar-refractivity contribution >= 4 is 0 Å². The van der Waals surface area contributed by atoms with E-state index in [0.29, 0.717) is 5.41 Å². The maximum Gasteiger partial charge on any atom is 0.0936 e. The van der Waals surface area contributed by atoms with Crippen LogP contribution in [-0.2, 0) is 4.74 Å². The van der Waals surface area contributed by atoms with Gasteiger partial charge in [0.05, 0.1) is 11.7 Å². The maximum absolute atomic E-state index is 10.3. The Kier molecular flexibility index (Phi) is 5.04. The number of unbranched alkanes of at least 4 members (excludes halogenated alkanes) is 1. The molecule has 0 bridgehead atoms. The quantitative estimate of drug-likeness (QED) is 0.589. The highest BCUT2D eigenvalue weighted by Gasteiger charge is 2.43. The monoisotopic (exact) mass is 238 g/mol. The number of rotatable bonds is 5. The molecule has 1 aliphatic carbocycles. The third-order valence-corrected chi connectivity index (χ3v) is 4.26. The van der Waals surface area contributed by atoms with Crippen molar-refractivity contribution in [2.45, 2.75) is 70.5 Å². The molecule has 1 rings (SSSR count). The minimum Gasteiger partial charge on any atom is -0.390 e. The zero-order valence-corrected chi connectivity index (χ0v) is 11.5. The molecule has 0 spiro atoms. The van der Waals surface area contributed by atoms with Crippen LogP contribution < -0.4 is 0 Å². The molecule has 1 N–H and O–H groups in total. The summed E-state index contributed by atoms with van der Waals surface area (Å²) in [6.45, 7) is 4.58. The molecule has 0 aromatic heterocycles. The van der Waals surface area contributed by atoms with Crippen molar-refractivity contribution < 1.29 is 9.84 Å². The largest absolute Gasteiger partial charge is 0.390 e. The lowest BCUT2D eigenvalue weighted by Gasteiger charge is -2.45. The highest BCUT2D eigenvalue weighted by atomic mass is 16.5. The summed E-state index contributed by atoms with van der Waals surface area (Å²) in [7, 11) is 1.72. The molecule has 0 amide bonds. The summed E-state index contributed by atoms with van der Waals surface area (Å²) in [5.74, 6) is 2.62. The van der Waals surface area contributed by atoms with E-state index in [-0.39, 0.29) is 11.7 Å². The first-order valence-corrected chi connectivity index (χ1v) is 6.62. The summed E-state index contributed by atoms with van der Waals surface area (Å²) < 4.78 is 5.66. The molecule has 0 radical (unpaired) electrons. The Hall–Kier alpha value is -0.520. The normalized spacial score (nSPS) is 23.9. The van der Waals surface area contributed by atoms with Crippen molar-refractivity contribution in [3.63, 3.8) is 0 Å². The van der Waals surface area contributed by atoms with Crippen molar-refractivity contribution in [1.29, 1.82) is 0 Å². The van der Waals surface area contributed by atoms with Crippen LogP contribution in [0.4, 0.5) is 0 Å². The Morgan fingerprint density at radius 3 is 2.35 bits per heavy atom. The molecular formula is C15H26O2. The van der Waals surface area contributed by atoms with Crippen LogP contribution in [0.15, 0.2) is 0 Å². The smallest absolute Gasteiger partial charge is 0.0936 e. The second kappa shape index (κ2) is 5.89. The number of terminal acetylenes is 1. The van der Waals surface area contributed by atoms with E-state index in [2.05, 4.69) is 19.8 Å². The predicted molar refractivity (Wildman–Crippen MR) is 70.7 cm³/mol. The zero-order chi connectivity index (χ0) is 12.9. The Bertz CT molecular complexity index is 265. The number of aliphatic hydroxyl groups excluding tert-OH is 1. The van der Waals surface area contributed by atoms with Gasteiger partial charge >= 0.3 is 0 Å². The lowest BCUT2D eigenvalue weighted by Crippen LogP contribution is -2.48. The van der Waals surface area contributed by atoms with E-state index in [1.807, 2.05) is 0 Å². The van der Waals surface area contributed by atoms with Crippen molar-refractivity contribution in [3.8, 4) is 12.3 Å². The van der Waals surface area contributed by atoms with Crippen LogP contribution in [0.3, 0.4) is 0 Å². The van der Waals surface area contributed by atoms with Gasteiger partial charge < -0.3 is 9.84 Å². The van der Waals surface area contributed by atoms with E-state index in [9.17, 15) is 5.11 Å². The van der Waals surface area contributed by atoms with Gasteiger partial charge in [-0.15, -0.1) is 12.3 Å². The summed E-state index contributed by atoms with van der Waals surface area (Å²) >= 11 is 0. The lowest BCUT2D eigenvalue weighted by atomic mass is 9.68. The number of hydrogen-bond acceptors (Lipinski definition) is 2. The van der Waals surface area contributed by atoms with Gasteiger partial charge in [-0.2, -0.15) is 0 Å². The molecule has 0 aliphatic heterocycles. The number of methoxy groups -OCH3 is 1. The van der Waals surface area contributed by atoms with E-state index in [1.165, 1.54) is 0 Å². The van der Waals surface area contributed by atoms with Crippen LogP contribution in [0.2, 0.25) is 0 Å². The molecule has 0 aromatic rings. The molecular weight excluding hydrogens is 212 g/mol. The molecule has 17 heavy (non-hydrogen) atoms. The van der Waals surface area contributed by atoms with Gasteiger partial charge in [0.1, 0.15) is 0 Å². The van der Waals surface area contributed by atoms with Gasteiger partial charge in [0.25, 0.3) is 0 Å². The first-order chi connectivity index (χ1) is 7.96. The second-order valence-corrected chi connectivity index (χ2v) is 6.05. The molecule has 1 fully saturated rings. The van der Waals surface area contributed by atoms with Crippen molar-refractivity contribution in [2.24, 2.45) is 5.41 Å². The van der Waals surface area contributed by atoms with Crippen molar-refractivity contribution in [2.75, 3.05) is 7.11 Å². The molecule has 0 aromatic carbocycles. The highest BCUT2D eigenvalue weighted by molar-refractivity contribution is 4.95. The molecule has 1 unspecified atom stereocenters. The molecule has 0 saturated heterocycles. The van der Waals surface area contributed by atoms with E-state index in [4.69, 9.17) is 11.2 Å². The highest BCUT2D eigenvalue weighted by Crippen LogP contribution is 2.44. The predicted octanol–water partition coefficient (Wildman–Crippen LogP) is 3.14. The van der Waals surface area contributed by atoms with Crippen LogP contribution in [-0.4, -0.2) is 23.9 Å². The van der Waals surface area contributed by atoms with E-state index < -0.39 is 0 Å². The topological polar surface area (TPSA) is 29.5 Å². The van der Waals surface area contributed by atoms with E-state index in [0.717, 1.165) is 44.9 Å². The molecule has 1 saturated carbocycles. The third kappa shape index (κ3) is 3.72. The van der Waals surface area contributed by atoms with Gasteiger partial charge in [0, 0.05) is 13.5 Å². The lowest BCUT2D eigenvalue weighted by molar-refractivity contribution is -0.138. The standard InChI is InChI=1S/C15H26O2/c1-5-6-7-8-13(16)15(17-4)11-9-14(2,3)10-12-15/h1,13,16H,6-12H2,2-4H3. The average Bonchev–Trinajstić information content (AvgIpc) is 2.30. The van der Waals surface area contributed by atoms with Crippen molar-refractivity contribution in [1.82, 2.24) is 0 Å². The van der Waals surface area contributed by atoms with Gasteiger partial charge in [-0.1, -0.05) is 13.8 Å². The van der Waals surface area contributed by atoms with Crippen LogP contribution >= 0.6 is 0 Å². The molecule has 2 nitrogen and oxygen atoms in total. The summed E-state index contributed by atoms with van der Waals surface area (Å²) in [5, 5.41) is 10.3. The number of aliphatic hydroxyl groups is 1. The zero-order valence-electron chi connectivity index (χ0n) is 11.5. The summed E-state index contributed by atoms with van der Waals surface area (Å²) in [5.41, 5.74) is 0.0602. The Labute approximate surface area is 106 Å². The SMILES string of the molecule is C#CCCCC(O)C1(OC)CCC(C)(C)CC1. The van der Waals surface area contributed by atoms with E-state index in [1.54, 1.807) is 7.11 Å². The van der Waals surface area contributed by atoms with Gasteiger partial charge in [-0.25, -0.2) is 0 Å². The van der Waals surface area contributed by atoms with E-state index >= 15 is 0 Å². The number of ether oxygens (including phenoxy) is 1. The minimum atomic E-state index is -0.378.